The van der Waals surface area contributed by atoms with Crippen LogP contribution in [0.1, 0.15) is 0 Å². The summed E-state index contributed by atoms with van der Waals surface area (Å²) >= 11 is 0. The Kier molecular flexibility index (Phi) is 21.4. The quantitative estimate of drug-likeness (QED) is 0.104. The first-order valence-corrected chi connectivity index (χ1v) is 50.4. The molecule has 0 unspecified atom stereocenters. The fraction of sp³-hybridized carbons (Fsp3) is 0. The SMILES string of the molecule is c1ccc(-c2cc(-c3ccc(-c4cccc5oc6c7ccccc7c(-c7ccc8ccccc8c7)cc6c45)cc3)nc(-c3ccccc3)n2)cc1.c1ccc(-c2cc(-c3cccc(-c4cccc5oc6c7ccccc7c(-c7ccc8ccccc8c7)cc6c45)c3)nc(-c3ccccc3)n2)cc1.c1ccc(-c2ccc3ccc4ccc(-c5cccc6oc7c8ccccc8c(-c8ccc9ccccc9c8)cc7c56)nc4c3n2)cc1. The van der Waals surface area contributed by atoms with Gasteiger partial charge in [-0.3, -0.25) is 0 Å². The number of hydrogen-bond acceptors (Lipinski definition) is 9. The van der Waals surface area contributed by atoms with E-state index in [2.05, 4.69) is 431 Å². The first kappa shape index (κ1) is 86.8. The van der Waals surface area contributed by atoms with Gasteiger partial charge in [0, 0.05) is 104 Å². The van der Waals surface area contributed by atoms with Crippen LogP contribution in [-0.2, 0) is 0 Å². The predicted octanol–water partition coefficient (Wildman–Crippen LogP) is 38.0. The lowest BCUT2D eigenvalue weighted by Crippen LogP contribution is -1.96. The minimum Gasteiger partial charge on any atom is -0.455 e. The molecule has 23 aromatic carbocycles. The lowest BCUT2D eigenvalue weighted by atomic mass is 9.92. The molecular weight excluding hydrogens is 1810 g/mol. The fourth-order valence-corrected chi connectivity index (χ4v) is 21.9. The molecule has 7 heterocycles. The van der Waals surface area contributed by atoms with Crippen molar-refractivity contribution in [1.82, 2.24) is 29.9 Å². The van der Waals surface area contributed by atoms with Crippen LogP contribution in [0.25, 0.3) is 298 Å². The molecule has 30 aromatic rings. The molecule has 30 rings (SSSR count). The number of fused-ring (bicyclic) bond motifs is 21. The number of furan rings is 3. The van der Waals surface area contributed by atoms with Crippen LogP contribution in [0.3, 0.4) is 0 Å². The molecule has 0 aliphatic carbocycles. The highest BCUT2D eigenvalue weighted by Crippen LogP contribution is 2.50. The van der Waals surface area contributed by atoms with Crippen LogP contribution in [0.4, 0.5) is 0 Å². The molecule has 694 valence electrons. The zero-order valence-corrected chi connectivity index (χ0v) is 80.6. The smallest absolute Gasteiger partial charge is 0.160 e. The maximum Gasteiger partial charge on any atom is 0.160 e. The van der Waals surface area contributed by atoms with Gasteiger partial charge in [-0.15, -0.1) is 0 Å². The van der Waals surface area contributed by atoms with E-state index in [1.54, 1.807) is 0 Å². The van der Waals surface area contributed by atoms with Gasteiger partial charge in [-0.1, -0.05) is 437 Å². The van der Waals surface area contributed by atoms with Gasteiger partial charge in [0.05, 0.1) is 45.2 Å². The molecule has 7 aromatic heterocycles. The van der Waals surface area contributed by atoms with Crippen molar-refractivity contribution in [3.8, 4) is 146 Å². The Bertz CT molecular complexity index is 10400. The average molecular weight is 1900 g/mol. The van der Waals surface area contributed by atoms with Crippen LogP contribution in [-0.4, -0.2) is 29.9 Å². The van der Waals surface area contributed by atoms with Crippen molar-refractivity contribution in [2.24, 2.45) is 0 Å². The lowest BCUT2D eigenvalue weighted by molar-refractivity contribution is 0.672. The van der Waals surface area contributed by atoms with Gasteiger partial charge >= 0.3 is 0 Å². The summed E-state index contributed by atoms with van der Waals surface area (Å²) in [6.07, 6.45) is 0. The Hall–Kier alpha value is -20.0. The molecule has 0 fully saturated rings. The molecule has 0 saturated carbocycles. The molecule has 0 spiro atoms. The van der Waals surface area contributed by atoms with Gasteiger partial charge in [0.1, 0.15) is 33.5 Å². The minimum atomic E-state index is 0.702. The number of nitrogens with zero attached hydrogens (tertiary/aromatic N) is 6. The van der Waals surface area contributed by atoms with E-state index in [9.17, 15) is 0 Å². The van der Waals surface area contributed by atoms with Gasteiger partial charge in [-0.2, -0.15) is 0 Å². The van der Waals surface area contributed by atoms with Crippen LogP contribution in [0.2, 0.25) is 0 Å². The molecule has 0 radical (unpaired) electrons. The number of hydrogen-bond donors (Lipinski definition) is 0. The Balaban J connectivity index is 0.000000108. The van der Waals surface area contributed by atoms with Crippen LogP contribution >= 0.6 is 0 Å². The highest BCUT2D eigenvalue weighted by atomic mass is 16.3. The molecule has 149 heavy (non-hydrogen) atoms. The van der Waals surface area contributed by atoms with Gasteiger partial charge in [0.2, 0.25) is 0 Å². The normalized spacial score (nSPS) is 11.6. The third-order valence-corrected chi connectivity index (χ3v) is 29.2. The summed E-state index contributed by atoms with van der Waals surface area (Å²) in [5, 5.41) is 23.0. The Morgan fingerprint density at radius 1 is 0.128 bits per heavy atom. The van der Waals surface area contributed by atoms with Gasteiger partial charge in [0.15, 0.2) is 11.6 Å². The Morgan fingerprint density at radius 2 is 0.396 bits per heavy atom. The van der Waals surface area contributed by atoms with Crippen LogP contribution in [0.5, 0.6) is 0 Å². The molecule has 9 heteroatoms. The van der Waals surface area contributed by atoms with E-state index in [1.807, 2.05) is 91.0 Å². The highest BCUT2D eigenvalue weighted by molar-refractivity contribution is 6.26. The summed E-state index contributed by atoms with van der Waals surface area (Å²) in [5.74, 6) is 1.41. The van der Waals surface area contributed by atoms with Crippen molar-refractivity contribution in [1.29, 1.82) is 0 Å². The fourth-order valence-electron chi connectivity index (χ4n) is 21.9. The second kappa shape index (κ2) is 36.8. The first-order valence-electron chi connectivity index (χ1n) is 50.4. The summed E-state index contributed by atoms with van der Waals surface area (Å²) in [6.45, 7) is 0. The molecule has 0 saturated heterocycles. The van der Waals surface area contributed by atoms with Crippen LogP contribution < -0.4 is 0 Å². The summed E-state index contributed by atoms with van der Waals surface area (Å²) in [6, 6.07) is 183. The van der Waals surface area contributed by atoms with Crippen molar-refractivity contribution in [2.75, 3.05) is 0 Å². The molecule has 9 nitrogen and oxygen atoms in total. The van der Waals surface area contributed by atoms with Crippen molar-refractivity contribution < 1.29 is 13.3 Å². The zero-order chi connectivity index (χ0) is 98.4. The highest BCUT2D eigenvalue weighted by Gasteiger charge is 2.26. The topological polar surface area (TPSA) is 117 Å². The Labute approximate surface area is 857 Å². The predicted molar refractivity (Wildman–Crippen MR) is 619 cm³/mol. The van der Waals surface area contributed by atoms with Gasteiger partial charge in [-0.25, -0.2) is 29.9 Å². The maximum absolute atomic E-state index is 6.71. The van der Waals surface area contributed by atoms with Crippen LogP contribution in [0, 0.1) is 0 Å². The van der Waals surface area contributed by atoms with Gasteiger partial charge < -0.3 is 13.3 Å². The molecule has 0 aliphatic heterocycles. The van der Waals surface area contributed by atoms with E-state index in [-0.39, 0.29) is 0 Å². The third kappa shape index (κ3) is 15.9. The molecule has 0 bridgehead atoms. The third-order valence-electron chi connectivity index (χ3n) is 29.2. The first-order chi connectivity index (χ1) is 73.8. The number of benzene rings is 23. The minimum absolute atomic E-state index is 0.702. The van der Waals surface area contributed by atoms with Crippen molar-refractivity contribution in [2.45, 2.75) is 0 Å². The van der Waals surface area contributed by atoms with E-state index in [4.69, 9.17) is 43.2 Å². The number of aromatic nitrogens is 6. The van der Waals surface area contributed by atoms with E-state index in [0.29, 0.717) is 11.6 Å². The second-order valence-electron chi connectivity index (χ2n) is 38.1. The van der Waals surface area contributed by atoms with Crippen LogP contribution in [0.15, 0.2) is 535 Å². The van der Waals surface area contributed by atoms with Crippen molar-refractivity contribution in [3.05, 3.63) is 522 Å². The summed E-state index contributed by atoms with van der Waals surface area (Å²) < 4.78 is 20.1. The van der Waals surface area contributed by atoms with E-state index >= 15 is 0 Å². The summed E-state index contributed by atoms with van der Waals surface area (Å²) in [5.41, 5.74) is 32.4. The van der Waals surface area contributed by atoms with E-state index in [1.165, 1.54) is 81.9 Å². The summed E-state index contributed by atoms with van der Waals surface area (Å²) in [4.78, 5) is 30.6. The van der Waals surface area contributed by atoms with Gasteiger partial charge in [0.25, 0.3) is 0 Å². The average Bonchev–Trinajstić information content (AvgIpc) is 1.62. The number of pyridine rings is 2. The molecule has 0 N–H and O–H groups in total. The maximum atomic E-state index is 6.71. The van der Waals surface area contributed by atoms with Crippen molar-refractivity contribution in [3.63, 3.8) is 0 Å². The largest absolute Gasteiger partial charge is 0.455 e. The molecular formula is C140H86N6O3. The second-order valence-corrected chi connectivity index (χ2v) is 38.1. The Morgan fingerprint density at radius 3 is 0.805 bits per heavy atom. The lowest BCUT2D eigenvalue weighted by Gasteiger charge is -2.11. The standard InChI is InChI=1S/2C48H30N2O.C44H26N2O/c1-3-14-32(15-4-1)43-30-44(50-48(49-43)33-16-5-2-6-17-33)37-20-11-19-35(28-37)38-23-12-24-45-46(38)42-29-41(39-21-9-10-22-40(39)47(42)51-45)36-26-25-31-13-7-8-18-34(31)27-36;1-3-13-33(14-4-1)43-30-44(50-48(49-43)35-15-5-2-6-16-35)34-25-23-32(24-26-34)38-20-11-21-45-46(38)42-29-41(39-18-9-10-19-40(39)47(42)51-45)37-27-22-31-12-7-8-17-36(31)28-37;1-2-10-28(11-3-1)38-23-21-29-18-19-30-22-24-39(46-43(30)42(29)45-38)35-15-8-16-40-41(35)37-26-36(33-13-6-7-14-34(33)44(37)47-40)32-20-17-27-9-4-5-12-31(27)25-32/h2*1-30H;1-26H. The van der Waals surface area contributed by atoms with E-state index < -0.39 is 0 Å². The molecule has 0 amide bonds. The number of rotatable bonds is 13. The molecule has 0 aliphatic rings. The zero-order valence-electron chi connectivity index (χ0n) is 80.6. The summed E-state index contributed by atoms with van der Waals surface area (Å²) in [7, 11) is 0. The van der Waals surface area contributed by atoms with E-state index in [0.717, 1.165) is 205 Å². The van der Waals surface area contributed by atoms with Crippen molar-refractivity contribution >= 4 is 152 Å². The van der Waals surface area contributed by atoms with Gasteiger partial charge in [-0.05, 0) is 189 Å². The monoisotopic (exact) mass is 1900 g/mol. The molecule has 0 atom stereocenters.